The smallest absolute Gasteiger partial charge is 0.258 e. The largest absolute Gasteiger partial charge is 0.497 e. The first-order valence-electron chi connectivity index (χ1n) is 8.97. The van der Waals surface area contributed by atoms with Crippen molar-refractivity contribution in [2.75, 3.05) is 25.7 Å². The first-order valence-corrected chi connectivity index (χ1v) is 8.97. The van der Waals surface area contributed by atoms with Crippen molar-refractivity contribution in [3.63, 3.8) is 0 Å². The van der Waals surface area contributed by atoms with Gasteiger partial charge in [0.1, 0.15) is 11.5 Å². The minimum atomic E-state index is -0.0432. The number of anilines is 1. The van der Waals surface area contributed by atoms with E-state index >= 15 is 0 Å². The van der Waals surface area contributed by atoms with Gasteiger partial charge in [-0.1, -0.05) is 13.0 Å². The molecule has 0 spiro atoms. The Kier molecular flexibility index (Phi) is 4.39. The third-order valence-corrected chi connectivity index (χ3v) is 5.09. The zero-order chi connectivity index (χ0) is 19.0. The van der Waals surface area contributed by atoms with E-state index in [0.717, 1.165) is 40.8 Å². The van der Waals surface area contributed by atoms with Crippen molar-refractivity contribution in [1.82, 2.24) is 10.2 Å². The molecule has 0 unspecified atom stereocenters. The fourth-order valence-corrected chi connectivity index (χ4v) is 3.61. The Bertz CT molecular complexity index is 1030. The minimum Gasteiger partial charge on any atom is -0.497 e. The predicted octanol–water partition coefficient (Wildman–Crippen LogP) is 3.41. The highest BCUT2D eigenvalue weighted by molar-refractivity contribution is 6.12. The molecule has 1 amide bonds. The fourth-order valence-electron chi connectivity index (χ4n) is 3.61. The van der Waals surface area contributed by atoms with Gasteiger partial charge in [0.05, 0.1) is 31.6 Å². The number of carbonyl (C=O) groups excluding carboxylic acids is 1. The standard InChI is InChI=1S/C21H21N3O3/c1-4-13-9-17-18(11-20(13)27-3)23-22-12-19(17)24-8-7-14-5-6-15(26-2)10-16(14)21(24)25/h5-6,9-12H,4,7-8H2,1-3H3. The molecule has 6 nitrogen and oxygen atoms in total. The number of carbonyl (C=O) groups is 1. The van der Waals surface area contributed by atoms with Gasteiger partial charge in [0.2, 0.25) is 0 Å². The maximum Gasteiger partial charge on any atom is 0.258 e. The summed E-state index contributed by atoms with van der Waals surface area (Å²) in [5.74, 6) is 1.43. The predicted molar refractivity (Wildman–Crippen MR) is 104 cm³/mol. The summed E-state index contributed by atoms with van der Waals surface area (Å²) in [5.41, 5.74) is 4.28. The number of aryl methyl sites for hydroxylation is 1. The number of aromatic nitrogens is 2. The van der Waals surface area contributed by atoms with Crippen LogP contribution in [0.25, 0.3) is 10.9 Å². The lowest BCUT2D eigenvalue weighted by atomic mass is 9.97. The first kappa shape index (κ1) is 17.3. The van der Waals surface area contributed by atoms with Gasteiger partial charge in [-0.05, 0) is 42.2 Å². The van der Waals surface area contributed by atoms with E-state index < -0.39 is 0 Å². The molecule has 0 saturated carbocycles. The van der Waals surface area contributed by atoms with Crippen molar-refractivity contribution in [1.29, 1.82) is 0 Å². The van der Waals surface area contributed by atoms with Gasteiger partial charge >= 0.3 is 0 Å². The summed E-state index contributed by atoms with van der Waals surface area (Å²) in [5, 5.41) is 9.25. The molecule has 0 atom stereocenters. The van der Waals surface area contributed by atoms with E-state index in [1.54, 1.807) is 31.4 Å². The fraction of sp³-hybridized carbons (Fsp3) is 0.286. The van der Waals surface area contributed by atoms with Crippen molar-refractivity contribution in [3.05, 3.63) is 53.2 Å². The van der Waals surface area contributed by atoms with E-state index in [9.17, 15) is 4.79 Å². The van der Waals surface area contributed by atoms with Crippen LogP contribution in [0.15, 0.2) is 36.5 Å². The first-order chi connectivity index (χ1) is 13.2. The number of methoxy groups -OCH3 is 2. The number of amides is 1. The average molecular weight is 363 g/mol. The molecule has 2 aromatic carbocycles. The quantitative estimate of drug-likeness (QED) is 0.711. The van der Waals surface area contributed by atoms with Gasteiger partial charge in [-0.25, -0.2) is 0 Å². The number of ether oxygens (including phenoxy) is 2. The van der Waals surface area contributed by atoms with Gasteiger partial charge in [0, 0.05) is 23.6 Å². The van der Waals surface area contributed by atoms with Crippen LogP contribution in [0.3, 0.4) is 0 Å². The van der Waals surface area contributed by atoms with Gasteiger partial charge in [-0.2, -0.15) is 10.2 Å². The van der Waals surface area contributed by atoms with Gasteiger partial charge < -0.3 is 14.4 Å². The van der Waals surface area contributed by atoms with Gasteiger partial charge in [0.25, 0.3) is 5.91 Å². The Balaban J connectivity index is 1.83. The average Bonchev–Trinajstić information content (AvgIpc) is 2.72. The molecule has 1 aliphatic heterocycles. The molecule has 0 bridgehead atoms. The minimum absolute atomic E-state index is 0.0432. The number of hydrogen-bond acceptors (Lipinski definition) is 5. The van der Waals surface area contributed by atoms with Gasteiger partial charge in [0.15, 0.2) is 0 Å². The molecule has 6 heteroatoms. The molecule has 0 N–H and O–H groups in total. The summed E-state index contributed by atoms with van der Waals surface area (Å²) in [6.45, 7) is 2.68. The lowest BCUT2D eigenvalue weighted by molar-refractivity contribution is 0.0980. The molecule has 2 heterocycles. The molecular formula is C21H21N3O3. The molecule has 138 valence electrons. The molecule has 3 aromatic rings. The van der Waals surface area contributed by atoms with Crippen molar-refractivity contribution >= 4 is 22.5 Å². The Labute approximate surface area is 157 Å². The molecule has 27 heavy (non-hydrogen) atoms. The van der Waals surface area contributed by atoms with E-state index in [2.05, 4.69) is 17.1 Å². The highest BCUT2D eigenvalue weighted by Crippen LogP contribution is 2.34. The maximum absolute atomic E-state index is 13.2. The second kappa shape index (κ2) is 6.87. The molecule has 0 saturated heterocycles. The van der Waals surface area contributed by atoms with E-state index in [-0.39, 0.29) is 5.91 Å². The zero-order valence-electron chi connectivity index (χ0n) is 15.7. The normalized spacial score (nSPS) is 13.6. The third kappa shape index (κ3) is 2.87. The van der Waals surface area contributed by atoms with Gasteiger partial charge in [-0.3, -0.25) is 4.79 Å². The number of rotatable bonds is 4. The number of hydrogen-bond donors (Lipinski definition) is 0. The van der Waals surface area contributed by atoms with Crippen LogP contribution in [0.2, 0.25) is 0 Å². The zero-order valence-corrected chi connectivity index (χ0v) is 15.7. The SMILES string of the molecule is CCc1cc2c(N3CCc4ccc(OC)cc4C3=O)cnnc2cc1OC. The Hall–Kier alpha value is -3.15. The molecule has 1 aliphatic rings. The van der Waals surface area contributed by atoms with E-state index in [4.69, 9.17) is 9.47 Å². The van der Waals surface area contributed by atoms with E-state index in [1.807, 2.05) is 24.3 Å². The summed E-state index contributed by atoms with van der Waals surface area (Å²) in [6, 6.07) is 9.60. The second-order valence-corrected chi connectivity index (χ2v) is 6.49. The summed E-state index contributed by atoms with van der Waals surface area (Å²) in [6.07, 6.45) is 3.28. The summed E-state index contributed by atoms with van der Waals surface area (Å²) < 4.78 is 10.7. The monoisotopic (exact) mass is 363 g/mol. The highest BCUT2D eigenvalue weighted by Gasteiger charge is 2.27. The van der Waals surface area contributed by atoms with Crippen molar-refractivity contribution in [2.24, 2.45) is 0 Å². The molecule has 1 aromatic heterocycles. The summed E-state index contributed by atoms with van der Waals surface area (Å²) >= 11 is 0. The number of nitrogens with zero attached hydrogens (tertiary/aromatic N) is 3. The third-order valence-electron chi connectivity index (χ3n) is 5.09. The Morgan fingerprint density at radius 1 is 1.15 bits per heavy atom. The van der Waals surface area contributed by atoms with E-state index in [0.29, 0.717) is 23.4 Å². The van der Waals surface area contributed by atoms with Crippen LogP contribution in [0, 0.1) is 0 Å². The Morgan fingerprint density at radius 3 is 2.74 bits per heavy atom. The second-order valence-electron chi connectivity index (χ2n) is 6.49. The van der Waals surface area contributed by atoms with Crippen molar-refractivity contribution in [2.45, 2.75) is 19.8 Å². The Morgan fingerprint density at radius 2 is 2.00 bits per heavy atom. The highest BCUT2D eigenvalue weighted by atomic mass is 16.5. The molecule has 0 radical (unpaired) electrons. The van der Waals surface area contributed by atoms with Gasteiger partial charge in [-0.15, -0.1) is 0 Å². The summed E-state index contributed by atoms with van der Waals surface area (Å²) in [7, 11) is 3.25. The van der Waals surface area contributed by atoms with Crippen LogP contribution in [0.1, 0.15) is 28.4 Å². The van der Waals surface area contributed by atoms with Crippen LogP contribution in [-0.4, -0.2) is 36.9 Å². The van der Waals surface area contributed by atoms with Crippen molar-refractivity contribution < 1.29 is 14.3 Å². The van der Waals surface area contributed by atoms with E-state index in [1.165, 1.54) is 0 Å². The maximum atomic E-state index is 13.2. The molecule has 4 rings (SSSR count). The number of benzene rings is 2. The number of fused-ring (bicyclic) bond motifs is 2. The van der Waals surface area contributed by atoms with Crippen LogP contribution < -0.4 is 14.4 Å². The molecular weight excluding hydrogens is 342 g/mol. The van der Waals surface area contributed by atoms with Crippen LogP contribution >= 0.6 is 0 Å². The summed E-state index contributed by atoms with van der Waals surface area (Å²) in [4.78, 5) is 15.0. The van der Waals surface area contributed by atoms with Crippen LogP contribution in [0.4, 0.5) is 5.69 Å². The molecule has 0 aliphatic carbocycles. The molecule has 0 fully saturated rings. The van der Waals surface area contributed by atoms with Crippen LogP contribution in [-0.2, 0) is 12.8 Å². The lowest BCUT2D eigenvalue weighted by Gasteiger charge is -2.29. The van der Waals surface area contributed by atoms with Crippen LogP contribution in [0.5, 0.6) is 11.5 Å². The van der Waals surface area contributed by atoms with Crippen molar-refractivity contribution in [3.8, 4) is 11.5 Å². The topological polar surface area (TPSA) is 64.5 Å². The lowest BCUT2D eigenvalue weighted by Crippen LogP contribution is -2.37.